The third kappa shape index (κ3) is 3.06. The molecular formula is C15H19Br2NO2. The number of fused-ring (bicyclic) bond motifs is 1. The van der Waals surface area contributed by atoms with E-state index in [0.717, 1.165) is 28.6 Å². The molecule has 0 spiro atoms. The molecule has 2 unspecified atom stereocenters. The van der Waals surface area contributed by atoms with E-state index in [4.69, 9.17) is 4.74 Å². The highest BCUT2D eigenvalue weighted by Crippen LogP contribution is 2.35. The lowest BCUT2D eigenvalue weighted by molar-refractivity contribution is -0.0911. The monoisotopic (exact) mass is 403 g/mol. The first kappa shape index (κ1) is 14.8. The molecule has 2 atom stereocenters. The molecule has 0 bridgehead atoms. The highest BCUT2D eigenvalue weighted by molar-refractivity contribution is 9.11. The lowest BCUT2D eigenvalue weighted by Crippen LogP contribution is -2.52. The molecule has 110 valence electrons. The van der Waals surface area contributed by atoms with E-state index >= 15 is 0 Å². The summed E-state index contributed by atoms with van der Waals surface area (Å²) in [5, 5.41) is 9.80. The van der Waals surface area contributed by atoms with E-state index in [9.17, 15) is 5.11 Å². The van der Waals surface area contributed by atoms with Crippen molar-refractivity contribution in [1.29, 1.82) is 0 Å². The topological polar surface area (TPSA) is 32.7 Å². The van der Waals surface area contributed by atoms with Crippen LogP contribution in [0.2, 0.25) is 0 Å². The lowest BCUT2D eigenvalue weighted by atomic mass is 9.90. The molecule has 5 heteroatoms. The van der Waals surface area contributed by atoms with E-state index in [1.54, 1.807) is 0 Å². The second-order valence-electron chi connectivity index (χ2n) is 5.64. The van der Waals surface area contributed by atoms with Gasteiger partial charge in [-0.3, -0.25) is 4.90 Å². The van der Waals surface area contributed by atoms with Gasteiger partial charge in [0, 0.05) is 19.1 Å². The van der Waals surface area contributed by atoms with Crippen molar-refractivity contribution in [3.63, 3.8) is 0 Å². The number of benzene rings is 1. The van der Waals surface area contributed by atoms with Crippen molar-refractivity contribution in [2.45, 2.75) is 44.4 Å². The SMILES string of the molecule is Oc1c(Br)cc(CN2CCOC3CCCCC32)cc1Br. The molecule has 2 aliphatic rings. The number of hydrogen-bond donors (Lipinski definition) is 1. The highest BCUT2D eigenvalue weighted by atomic mass is 79.9. The number of phenols is 1. The van der Waals surface area contributed by atoms with Gasteiger partial charge < -0.3 is 9.84 Å². The number of hydrogen-bond acceptors (Lipinski definition) is 3. The molecule has 1 saturated heterocycles. The predicted molar refractivity (Wildman–Crippen MR) is 85.9 cm³/mol. The minimum atomic E-state index is 0.270. The number of ether oxygens (including phenoxy) is 1. The van der Waals surface area contributed by atoms with E-state index in [0.29, 0.717) is 12.1 Å². The third-order valence-corrected chi connectivity index (χ3v) is 5.52. The van der Waals surface area contributed by atoms with Crippen molar-refractivity contribution < 1.29 is 9.84 Å². The van der Waals surface area contributed by atoms with Gasteiger partial charge in [-0.15, -0.1) is 0 Å². The number of morpholine rings is 1. The Kier molecular flexibility index (Phi) is 4.70. The van der Waals surface area contributed by atoms with Crippen molar-refractivity contribution >= 4 is 31.9 Å². The van der Waals surface area contributed by atoms with Crippen LogP contribution in [0.25, 0.3) is 0 Å². The Morgan fingerprint density at radius 2 is 1.90 bits per heavy atom. The Bertz CT molecular complexity index is 470. The highest BCUT2D eigenvalue weighted by Gasteiger charge is 2.34. The molecule has 3 rings (SSSR count). The maximum absolute atomic E-state index is 9.80. The van der Waals surface area contributed by atoms with Gasteiger partial charge in [0.15, 0.2) is 0 Å². The molecule has 1 aliphatic heterocycles. The molecule has 0 radical (unpaired) electrons. The molecule has 1 aromatic rings. The number of rotatable bonds is 2. The van der Waals surface area contributed by atoms with Crippen LogP contribution in [0.4, 0.5) is 0 Å². The van der Waals surface area contributed by atoms with Crippen LogP contribution in [-0.2, 0) is 11.3 Å². The molecule has 1 saturated carbocycles. The molecule has 20 heavy (non-hydrogen) atoms. The van der Waals surface area contributed by atoms with Crippen LogP contribution in [0.15, 0.2) is 21.1 Å². The molecule has 0 aromatic heterocycles. The molecular weight excluding hydrogens is 386 g/mol. The smallest absolute Gasteiger partial charge is 0.143 e. The first-order chi connectivity index (χ1) is 9.65. The summed E-state index contributed by atoms with van der Waals surface area (Å²) < 4.78 is 7.41. The largest absolute Gasteiger partial charge is 0.506 e. The molecule has 1 heterocycles. The summed E-state index contributed by atoms with van der Waals surface area (Å²) in [4.78, 5) is 2.54. The molecule has 1 aromatic carbocycles. The van der Waals surface area contributed by atoms with E-state index in [-0.39, 0.29) is 5.75 Å². The first-order valence-electron chi connectivity index (χ1n) is 7.17. The Hall–Kier alpha value is -0.100. The van der Waals surface area contributed by atoms with Gasteiger partial charge in [-0.1, -0.05) is 12.8 Å². The second-order valence-corrected chi connectivity index (χ2v) is 7.35. The maximum Gasteiger partial charge on any atom is 0.143 e. The summed E-state index contributed by atoms with van der Waals surface area (Å²) >= 11 is 6.81. The third-order valence-electron chi connectivity index (χ3n) is 4.31. The van der Waals surface area contributed by atoms with Gasteiger partial charge in [0.25, 0.3) is 0 Å². The fraction of sp³-hybridized carbons (Fsp3) is 0.600. The van der Waals surface area contributed by atoms with Crippen LogP contribution in [0.1, 0.15) is 31.2 Å². The zero-order valence-corrected chi connectivity index (χ0v) is 14.5. The lowest BCUT2D eigenvalue weighted by Gasteiger charge is -2.44. The molecule has 1 aliphatic carbocycles. The molecule has 2 fully saturated rings. The minimum absolute atomic E-state index is 0.270. The first-order valence-corrected chi connectivity index (χ1v) is 8.76. The number of nitrogens with zero attached hydrogens (tertiary/aromatic N) is 1. The Morgan fingerprint density at radius 3 is 2.65 bits per heavy atom. The van der Waals surface area contributed by atoms with Gasteiger partial charge >= 0.3 is 0 Å². The van der Waals surface area contributed by atoms with Crippen molar-refractivity contribution in [3.05, 3.63) is 26.6 Å². The normalized spacial score (nSPS) is 27.3. The van der Waals surface area contributed by atoms with Gasteiger partial charge in [0.1, 0.15) is 5.75 Å². The number of halogens is 2. The fourth-order valence-corrected chi connectivity index (χ4v) is 4.60. The Balaban J connectivity index is 1.76. The van der Waals surface area contributed by atoms with E-state index in [1.807, 2.05) is 12.1 Å². The number of phenolic OH excluding ortho intramolecular Hbond substituents is 1. The predicted octanol–water partition coefficient (Wildman–Crippen LogP) is 4.06. The standard InChI is InChI=1S/C15H19Br2NO2/c16-11-7-10(8-12(17)15(11)19)9-18-5-6-20-14-4-2-1-3-13(14)18/h7-8,13-14,19H,1-6,9H2. The average Bonchev–Trinajstić information content (AvgIpc) is 2.45. The number of aromatic hydroxyl groups is 1. The van der Waals surface area contributed by atoms with Gasteiger partial charge in [-0.2, -0.15) is 0 Å². The summed E-state index contributed by atoms with van der Waals surface area (Å²) in [6, 6.07) is 4.57. The quantitative estimate of drug-likeness (QED) is 0.806. The summed E-state index contributed by atoms with van der Waals surface area (Å²) in [6.45, 7) is 2.75. The minimum Gasteiger partial charge on any atom is -0.506 e. The van der Waals surface area contributed by atoms with E-state index < -0.39 is 0 Å². The zero-order valence-electron chi connectivity index (χ0n) is 11.3. The Labute approximate surface area is 136 Å². The summed E-state index contributed by atoms with van der Waals surface area (Å²) in [7, 11) is 0. The fourth-order valence-electron chi connectivity index (χ4n) is 3.32. The van der Waals surface area contributed by atoms with Gasteiger partial charge in [0.05, 0.1) is 21.7 Å². The summed E-state index contributed by atoms with van der Waals surface area (Å²) in [5.41, 5.74) is 1.22. The van der Waals surface area contributed by atoms with E-state index in [2.05, 4.69) is 36.8 Å². The van der Waals surface area contributed by atoms with Gasteiger partial charge in [0.2, 0.25) is 0 Å². The van der Waals surface area contributed by atoms with Crippen molar-refractivity contribution in [3.8, 4) is 5.75 Å². The van der Waals surface area contributed by atoms with Crippen LogP contribution in [0, 0.1) is 0 Å². The van der Waals surface area contributed by atoms with Crippen molar-refractivity contribution in [2.75, 3.05) is 13.2 Å². The zero-order chi connectivity index (χ0) is 14.1. The van der Waals surface area contributed by atoms with Crippen LogP contribution in [-0.4, -0.2) is 35.3 Å². The van der Waals surface area contributed by atoms with Crippen molar-refractivity contribution in [2.24, 2.45) is 0 Å². The summed E-state index contributed by atoms with van der Waals surface area (Å²) in [6.07, 6.45) is 5.46. The van der Waals surface area contributed by atoms with Crippen molar-refractivity contribution in [1.82, 2.24) is 4.90 Å². The summed E-state index contributed by atoms with van der Waals surface area (Å²) in [5.74, 6) is 0.270. The van der Waals surface area contributed by atoms with E-state index in [1.165, 1.54) is 31.2 Å². The maximum atomic E-state index is 9.80. The van der Waals surface area contributed by atoms with Gasteiger partial charge in [-0.05, 0) is 62.4 Å². The molecule has 3 nitrogen and oxygen atoms in total. The second kappa shape index (κ2) is 6.34. The van der Waals surface area contributed by atoms with Crippen LogP contribution in [0.3, 0.4) is 0 Å². The Morgan fingerprint density at radius 1 is 1.20 bits per heavy atom. The average molecular weight is 405 g/mol. The van der Waals surface area contributed by atoms with Crippen LogP contribution >= 0.6 is 31.9 Å². The molecule has 0 amide bonds. The van der Waals surface area contributed by atoms with Gasteiger partial charge in [-0.25, -0.2) is 0 Å². The molecule has 1 N–H and O–H groups in total. The van der Waals surface area contributed by atoms with Crippen LogP contribution in [0.5, 0.6) is 5.75 Å². The van der Waals surface area contributed by atoms with Crippen LogP contribution < -0.4 is 0 Å².